The summed E-state index contributed by atoms with van der Waals surface area (Å²) >= 11 is 0. The summed E-state index contributed by atoms with van der Waals surface area (Å²) in [5.74, 6) is 0.707. The van der Waals surface area contributed by atoms with Crippen LogP contribution in [-0.4, -0.2) is 42.7 Å². The Labute approximate surface area is 156 Å². The van der Waals surface area contributed by atoms with Crippen LogP contribution < -0.4 is 15.4 Å². The molecule has 1 aliphatic heterocycles. The van der Waals surface area contributed by atoms with E-state index in [0.717, 1.165) is 6.54 Å². The minimum Gasteiger partial charge on any atom is -0.457 e. The predicted molar refractivity (Wildman–Crippen MR) is 99.2 cm³/mol. The van der Waals surface area contributed by atoms with Crippen LogP contribution in [0.5, 0.6) is 11.5 Å². The topological polar surface area (TPSA) is 103 Å². The SMILES string of the molecule is CC(NC(=O)c1cccc(Oc2ccc([N+](=O)[O-])cc2)c1)C1CNCCO1. The number of nitro groups is 1. The molecule has 0 aliphatic carbocycles. The van der Waals surface area contributed by atoms with Gasteiger partial charge in [0.05, 0.1) is 23.7 Å². The largest absolute Gasteiger partial charge is 0.457 e. The average Bonchev–Trinajstić information content (AvgIpc) is 2.69. The fourth-order valence-corrected chi connectivity index (χ4v) is 2.76. The van der Waals surface area contributed by atoms with Crippen LogP contribution in [0.1, 0.15) is 17.3 Å². The van der Waals surface area contributed by atoms with E-state index in [0.29, 0.717) is 30.2 Å². The molecule has 2 aromatic carbocycles. The lowest BCUT2D eigenvalue weighted by atomic mass is 10.1. The zero-order valence-electron chi connectivity index (χ0n) is 14.9. The third kappa shape index (κ3) is 5.02. The monoisotopic (exact) mass is 371 g/mol. The van der Waals surface area contributed by atoms with Crippen LogP contribution in [0.15, 0.2) is 48.5 Å². The number of nitrogens with zero attached hydrogens (tertiary/aromatic N) is 1. The van der Waals surface area contributed by atoms with Gasteiger partial charge in [0.15, 0.2) is 0 Å². The summed E-state index contributed by atoms with van der Waals surface area (Å²) < 4.78 is 11.3. The first-order valence-electron chi connectivity index (χ1n) is 8.68. The van der Waals surface area contributed by atoms with Gasteiger partial charge in [-0.3, -0.25) is 14.9 Å². The highest BCUT2D eigenvalue weighted by Gasteiger charge is 2.22. The zero-order valence-corrected chi connectivity index (χ0v) is 14.9. The smallest absolute Gasteiger partial charge is 0.269 e. The number of nitrogens with one attached hydrogen (secondary N) is 2. The first-order chi connectivity index (χ1) is 13.0. The number of carbonyl (C=O) groups is 1. The molecule has 2 N–H and O–H groups in total. The standard InChI is InChI=1S/C19H21N3O5/c1-13(18-12-20-9-10-26-18)21-19(23)14-3-2-4-17(11-14)27-16-7-5-15(6-8-16)22(24)25/h2-8,11,13,18,20H,9-10,12H2,1H3,(H,21,23). The summed E-state index contributed by atoms with van der Waals surface area (Å²) in [5, 5.41) is 16.9. The number of ether oxygens (including phenoxy) is 2. The number of rotatable bonds is 6. The van der Waals surface area contributed by atoms with Gasteiger partial charge in [-0.2, -0.15) is 0 Å². The molecule has 0 bridgehead atoms. The molecule has 0 aromatic heterocycles. The first kappa shape index (κ1) is 18.8. The Morgan fingerprint density at radius 2 is 2.07 bits per heavy atom. The molecule has 1 heterocycles. The lowest BCUT2D eigenvalue weighted by molar-refractivity contribution is -0.384. The Morgan fingerprint density at radius 3 is 2.74 bits per heavy atom. The molecular formula is C19H21N3O5. The molecule has 27 heavy (non-hydrogen) atoms. The molecule has 1 fully saturated rings. The maximum absolute atomic E-state index is 12.5. The van der Waals surface area contributed by atoms with Crippen LogP contribution in [0.4, 0.5) is 5.69 Å². The molecule has 2 atom stereocenters. The van der Waals surface area contributed by atoms with Crippen LogP contribution in [0, 0.1) is 10.1 Å². The summed E-state index contributed by atoms with van der Waals surface area (Å²) in [6, 6.07) is 12.4. The van der Waals surface area contributed by atoms with Gasteiger partial charge in [0.1, 0.15) is 11.5 Å². The fraction of sp³-hybridized carbons (Fsp3) is 0.316. The van der Waals surface area contributed by atoms with Crippen LogP contribution >= 0.6 is 0 Å². The second-order valence-electron chi connectivity index (χ2n) is 6.26. The highest BCUT2D eigenvalue weighted by Crippen LogP contribution is 2.24. The van der Waals surface area contributed by atoms with E-state index in [1.54, 1.807) is 24.3 Å². The lowest BCUT2D eigenvalue weighted by Crippen LogP contribution is -2.50. The van der Waals surface area contributed by atoms with Crippen molar-refractivity contribution in [2.45, 2.75) is 19.1 Å². The van der Waals surface area contributed by atoms with E-state index in [-0.39, 0.29) is 23.7 Å². The number of non-ortho nitro benzene ring substituents is 1. The van der Waals surface area contributed by atoms with Crippen molar-refractivity contribution in [2.24, 2.45) is 0 Å². The molecule has 8 heteroatoms. The Kier molecular flexibility index (Phi) is 6.00. The lowest BCUT2D eigenvalue weighted by Gasteiger charge is -2.29. The maximum Gasteiger partial charge on any atom is 0.269 e. The van der Waals surface area contributed by atoms with Crippen molar-refractivity contribution in [3.63, 3.8) is 0 Å². The summed E-state index contributed by atoms with van der Waals surface area (Å²) in [6.07, 6.45) is -0.0674. The van der Waals surface area contributed by atoms with Crippen molar-refractivity contribution in [2.75, 3.05) is 19.7 Å². The minimum atomic E-state index is -0.471. The second-order valence-corrected chi connectivity index (χ2v) is 6.26. The van der Waals surface area contributed by atoms with Gasteiger partial charge in [0.25, 0.3) is 11.6 Å². The molecule has 2 unspecified atom stereocenters. The van der Waals surface area contributed by atoms with E-state index >= 15 is 0 Å². The first-order valence-corrected chi connectivity index (χ1v) is 8.68. The van der Waals surface area contributed by atoms with Crippen LogP contribution in [0.3, 0.4) is 0 Å². The van der Waals surface area contributed by atoms with Crippen LogP contribution in [0.25, 0.3) is 0 Å². The fourth-order valence-electron chi connectivity index (χ4n) is 2.76. The van der Waals surface area contributed by atoms with E-state index in [4.69, 9.17) is 9.47 Å². The third-order valence-electron chi connectivity index (χ3n) is 4.25. The normalized spacial score (nSPS) is 17.7. The second kappa shape index (κ2) is 8.61. The van der Waals surface area contributed by atoms with E-state index in [1.165, 1.54) is 24.3 Å². The van der Waals surface area contributed by atoms with Gasteiger partial charge < -0.3 is 20.1 Å². The molecule has 8 nitrogen and oxygen atoms in total. The molecule has 0 saturated carbocycles. The van der Waals surface area contributed by atoms with Crippen molar-refractivity contribution in [3.05, 3.63) is 64.2 Å². The van der Waals surface area contributed by atoms with Crippen LogP contribution in [-0.2, 0) is 4.74 Å². The quantitative estimate of drug-likeness (QED) is 0.597. The number of hydrogen-bond acceptors (Lipinski definition) is 6. The number of benzene rings is 2. The summed E-state index contributed by atoms with van der Waals surface area (Å²) in [7, 11) is 0. The van der Waals surface area contributed by atoms with E-state index < -0.39 is 4.92 Å². The van der Waals surface area contributed by atoms with Crippen molar-refractivity contribution in [1.29, 1.82) is 0 Å². The molecule has 1 aliphatic rings. The highest BCUT2D eigenvalue weighted by atomic mass is 16.6. The number of hydrogen-bond donors (Lipinski definition) is 2. The molecule has 0 spiro atoms. The number of morpholine rings is 1. The number of nitro benzene ring substituents is 1. The van der Waals surface area contributed by atoms with Gasteiger partial charge >= 0.3 is 0 Å². The van der Waals surface area contributed by atoms with Crippen molar-refractivity contribution in [1.82, 2.24) is 10.6 Å². The van der Waals surface area contributed by atoms with Gasteiger partial charge in [-0.1, -0.05) is 6.07 Å². The van der Waals surface area contributed by atoms with E-state index in [9.17, 15) is 14.9 Å². The van der Waals surface area contributed by atoms with E-state index in [1.807, 2.05) is 6.92 Å². The van der Waals surface area contributed by atoms with Gasteiger partial charge in [0, 0.05) is 30.8 Å². The van der Waals surface area contributed by atoms with E-state index in [2.05, 4.69) is 10.6 Å². The Morgan fingerprint density at radius 1 is 1.30 bits per heavy atom. The van der Waals surface area contributed by atoms with Gasteiger partial charge in [-0.05, 0) is 37.3 Å². The minimum absolute atomic E-state index is 0.0103. The Balaban J connectivity index is 1.63. The van der Waals surface area contributed by atoms with Crippen molar-refractivity contribution in [3.8, 4) is 11.5 Å². The molecule has 3 rings (SSSR count). The maximum atomic E-state index is 12.5. The average molecular weight is 371 g/mol. The number of amides is 1. The summed E-state index contributed by atoms with van der Waals surface area (Å²) in [5.41, 5.74) is 0.453. The Bertz CT molecular complexity index is 803. The Hall–Kier alpha value is -2.97. The van der Waals surface area contributed by atoms with Crippen LogP contribution in [0.2, 0.25) is 0 Å². The van der Waals surface area contributed by atoms with Crippen molar-refractivity contribution >= 4 is 11.6 Å². The molecular weight excluding hydrogens is 350 g/mol. The molecule has 1 amide bonds. The molecule has 142 valence electrons. The zero-order chi connectivity index (χ0) is 19.2. The summed E-state index contributed by atoms with van der Waals surface area (Å²) in [6.45, 7) is 4.06. The van der Waals surface area contributed by atoms with Crippen molar-refractivity contribution < 1.29 is 19.2 Å². The molecule has 1 saturated heterocycles. The predicted octanol–water partition coefficient (Wildman–Crippen LogP) is 2.49. The molecule has 2 aromatic rings. The van der Waals surface area contributed by atoms with Gasteiger partial charge in [-0.15, -0.1) is 0 Å². The molecule has 0 radical (unpaired) electrons. The van der Waals surface area contributed by atoms with Gasteiger partial charge in [0.2, 0.25) is 0 Å². The number of carbonyl (C=O) groups excluding carboxylic acids is 1. The van der Waals surface area contributed by atoms with Gasteiger partial charge in [-0.25, -0.2) is 0 Å². The highest BCUT2D eigenvalue weighted by molar-refractivity contribution is 5.94. The third-order valence-corrected chi connectivity index (χ3v) is 4.25. The summed E-state index contributed by atoms with van der Waals surface area (Å²) in [4.78, 5) is 22.7.